The van der Waals surface area contributed by atoms with Crippen LogP contribution in [0, 0.1) is 0 Å². The van der Waals surface area contributed by atoms with Gasteiger partial charge in [0, 0.05) is 0 Å². The van der Waals surface area contributed by atoms with Crippen molar-refractivity contribution < 1.29 is 4.58 Å². The lowest BCUT2D eigenvalue weighted by atomic mass is 9.81. The lowest BCUT2D eigenvalue weighted by Crippen LogP contribution is -2.54. The third-order valence-electron chi connectivity index (χ3n) is 5.00. The van der Waals surface area contributed by atoms with Crippen LogP contribution in [0.4, 0.5) is 11.4 Å². The maximum Gasteiger partial charge on any atom is 0.245 e. The second kappa shape index (κ2) is 4.73. The zero-order valence-corrected chi connectivity index (χ0v) is 13.2. The Hall–Kier alpha value is -2.09. The van der Waals surface area contributed by atoms with Crippen LogP contribution >= 0.6 is 0 Å². The average Bonchev–Trinajstić information content (AvgIpc) is 2.67. The molecule has 0 aromatic heterocycles. The van der Waals surface area contributed by atoms with Gasteiger partial charge in [-0.3, -0.25) is 0 Å². The number of benzene rings is 2. The Morgan fingerprint density at radius 2 is 1.29 bits per heavy atom. The lowest BCUT2D eigenvalue weighted by molar-refractivity contribution is -0.520. The second-order valence-corrected chi connectivity index (χ2v) is 6.64. The van der Waals surface area contributed by atoms with Crippen LogP contribution in [0.5, 0.6) is 0 Å². The van der Waals surface area contributed by atoms with Crippen LogP contribution in [0.1, 0.15) is 27.7 Å². The molecule has 0 spiro atoms. The maximum absolute atomic E-state index is 2.38. The van der Waals surface area contributed by atoms with E-state index < -0.39 is 0 Å². The highest BCUT2D eigenvalue weighted by Crippen LogP contribution is 2.40. The molecule has 2 aromatic carbocycles. The van der Waals surface area contributed by atoms with Crippen LogP contribution in [0.3, 0.4) is 0 Å². The van der Waals surface area contributed by atoms with Crippen LogP contribution in [-0.2, 0) is 0 Å². The van der Waals surface area contributed by atoms with Crippen LogP contribution < -0.4 is 4.90 Å². The molecule has 1 aliphatic heterocycles. The van der Waals surface area contributed by atoms with Crippen molar-refractivity contribution in [3.05, 3.63) is 60.7 Å². The number of rotatable bonds is 2. The molecule has 0 aliphatic carbocycles. The molecule has 0 unspecified atom stereocenters. The molecule has 0 bridgehead atoms. The normalized spacial score (nSPS) is 19.4. The summed E-state index contributed by atoms with van der Waals surface area (Å²) >= 11 is 0. The topological polar surface area (TPSA) is 6.25 Å². The van der Waals surface area contributed by atoms with Gasteiger partial charge in [-0.25, -0.2) is 9.48 Å². The highest BCUT2D eigenvalue weighted by Gasteiger charge is 2.56. The van der Waals surface area contributed by atoms with Gasteiger partial charge >= 0.3 is 0 Å². The van der Waals surface area contributed by atoms with Crippen molar-refractivity contribution >= 4 is 17.7 Å². The van der Waals surface area contributed by atoms with E-state index in [1.54, 1.807) is 0 Å². The van der Waals surface area contributed by atoms with E-state index in [9.17, 15) is 0 Å². The minimum absolute atomic E-state index is 0.00973. The molecular formula is C19H23N2+. The third kappa shape index (κ3) is 2.06. The third-order valence-corrected chi connectivity index (χ3v) is 5.00. The molecule has 2 aromatic rings. The molecular weight excluding hydrogens is 256 g/mol. The highest BCUT2D eigenvalue weighted by molar-refractivity contribution is 5.81. The van der Waals surface area contributed by atoms with Crippen LogP contribution in [0.25, 0.3) is 0 Å². The number of para-hydroxylation sites is 2. The molecule has 0 saturated carbocycles. The largest absolute Gasteiger partial charge is 0.245 e. The van der Waals surface area contributed by atoms with Crippen LogP contribution in [0.15, 0.2) is 60.7 Å². The molecule has 2 nitrogen and oxygen atoms in total. The summed E-state index contributed by atoms with van der Waals surface area (Å²) in [6.45, 7) is 9.22. The van der Waals surface area contributed by atoms with E-state index in [0.29, 0.717) is 0 Å². The molecule has 1 aliphatic rings. The Kier molecular flexibility index (Phi) is 3.12. The quantitative estimate of drug-likeness (QED) is 0.737. The van der Waals surface area contributed by atoms with E-state index in [2.05, 4.69) is 104 Å². The van der Waals surface area contributed by atoms with Crippen molar-refractivity contribution in [3.63, 3.8) is 0 Å². The summed E-state index contributed by atoms with van der Waals surface area (Å²) in [7, 11) is 0. The molecule has 3 rings (SSSR count). The Morgan fingerprint density at radius 1 is 0.762 bits per heavy atom. The average molecular weight is 279 g/mol. The molecule has 1 heterocycles. The van der Waals surface area contributed by atoms with Crippen LogP contribution in [-0.4, -0.2) is 22.0 Å². The van der Waals surface area contributed by atoms with Gasteiger partial charge in [-0.1, -0.05) is 36.4 Å². The fourth-order valence-electron chi connectivity index (χ4n) is 2.95. The van der Waals surface area contributed by atoms with Gasteiger partial charge in [0.25, 0.3) is 0 Å². The van der Waals surface area contributed by atoms with E-state index in [-0.39, 0.29) is 11.1 Å². The second-order valence-electron chi connectivity index (χ2n) is 6.64. The van der Waals surface area contributed by atoms with Crippen LogP contribution in [0.2, 0.25) is 0 Å². The van der Waals surface area contributed by atoms with Crippen molar-refractivity contribution in [1.29, 1.82) is 0 Å². The minimum atomic E-state index is -0.00973. The fraction of sp³-hybridized carbons (Fsp3) is 0.316. The van der Waals surface area contributed by atoms with Gasteiger partial charge in [0.1, 0.15) is 22.5 Å². The minimum Gasteiger partial charge on any atom is -0.224 e. The maximum atomic E-state index is 2.38. The summed E-state index contributed by atoms with van der Waals surface area (Å²) in [5.74, 6) is 0. The lowest BCUT2D eigenvalue weighted by Gasteiger charge is -2.35. The predicted octanol–water partition coefficient (Wildman–Crippen LogP) is 4.44. The van der Waals surface area contributed by atoms with E-state index in [4.69, 9.17) is 0 Å². The first kappa shape index (κ1) is 13.9. The first-order chi connectivity index (χ1) is 9.94. The summed E-state index contributed by atoms with van der Waals surface area (Å²) < 4.78 is 2.38. The van der Waals surface area contributed by atoms with Crippen molar-refractivity contribution in [2.75, 3.05) is 4.90 Å². The summed E-state index contributed by atoms with van der Waals surface area (Å²) in [4.78, 5) is 2.38. The Bertz CT molecular complexity index is 654. The first-order valence-corrected chi connectivity index (χ1v) is 7.48. The van der Waals surface area contributed by atoms with Crippen molar-refractivity contribution in [2.45, 2.75) is 38.8 Å². The zero-order chi connectivity index (χ0) is 15.1. The van der Waals surface area contributed by atoms with Gasteiger partial charge in [-0.05, 0) is 52.0 Å². The fourth-order valence-corrected chi connectivity index (χ4v) is 2.95. The van der Waals surface area contributed by atoms with Gasteiger partial charge in [-0.15, -0.1) is 0 Å². The molecule has 0 amide bonds. The van der Waals surface area contributed by atoms with E-state index >= 15 is 0 Å². The van der Waals surface area contributed by atoms with Gasteiger partial charge in [0.15, 0.2) is 0 Å². The van der Waals surface area contributed by atoms with E-state index in [1.807, 2.05) is 0 Å². The monoisotopic (exact) mass is 279 g/mol. The molecule has 0 saturated heterocycles. The van der Waals surface area contributed by atoms with Crippen molar-refractivity contribution in [2.24, 2.45) is 0 Å². The van der Waals surface area contributed by atoms with Gasteiger partial charge in [-0.2, -0.15) is 0 Å². The Labute approximate surface area is 127 Å². The summed E-state index contributed by atoms with van der Waals surface area (Å²) in [6.07, 6.45) is 2.24. The van der Waals surface area contributed by atoms with E-state index in [1.165, 1.54) is 11.4 Å². The standard InChI is InChI=1S/C19H23N2/c1-18(2)19(3,4)21(17-13-9-6-10-14-17)15-20(18)16-11-7-5-8-12-16/h5-15H,1-4H3/q+1. The first-order valence-electron chi connectivity index (χ1n) is 7.48. The van der Waals surface area contributed by atoms with Gasteiger partial charge in [0.05, 0.1) is 0 Å². The highest BCUT2D eigenvalue weighted by atomic mass is 15.4. The molecule has 0 fully saturated rings. The summed E-state index contributed by atoms with van der Waals surface area (Å²) in [5.41, 5.74) is 2.44. The smallest absolute Gasteiger partial charge is 0.224 e. The van der Waals surface area contributed by atoms with E-state index in [0.717, 1.165) is 0 Å². The van der Waals surface area contributed by atoms with Crippen molar-refractivity contribution in [1.82, 2.24) is 0 Å². The molecule has 108 valence electrons. The van der Waals surface area contributed by atoms with Crippen molar-refractivity contribution in [3.8, 4) is 0 Å². The van der Waals surface area contributed by atoms with Gasteiger partial charge in [0.2, 0.25) is 6.34 Å². The number of hydrogen-bond acceptors (Lipinski definition) is 1. The SMILES string of the molecule is CC1(C)N(c2ccccc2)C=[N+](c2ccccc2)C1(C)C. The number of anilines is 1. The summed E-state index contributed by atoms with van der Waals surface area (Å²) in [5, 5.41) is 0. The van der Waals surface area contributed by atoms with Gasteiger partial charge < -0.3 is 0 Å². The molecule has 21 heavy (non-hydrogen) atoms. The number of hydrogen-bond donors (Lipinski definition) is 0. The molecule has 0 atom stereocenters. The Balaban J connectivity index is 2.13. The molecule has 2 heteroatoms. The predicted molar refractivity (Wildman–Crippen MR) is 89.5 cm³/mol. The molecule has 0 radical (unpaired) electrons. The summed E-state index contributed by atoms with van der Waals surface area (Å²) in [6, 6.07) is 21.2. The Morgan fingerprint density at radius 3 is 1.86 bits per heavy atom. The number of nitrogens with zero attached hydrogens (tertiary/aromatic N) is 2. The zero-order valence-electron chi connectivity index (χ0n) is 13.2. The molecule has 0 N–H and O–H groups in total.